The van der Waals surface area contributed by atoms with Gasteiger partial charge in [-0.2, -0.15) is 0 Å². The summed E-state index contributed by atoms with van der Waals surface area (Å²) in [5.74, 6) is 7.30. The van der Waals surface area contributed by atoms with Gasteiger partial charge in [-0.25, -0.2) is 0 Å². The predicted octanol–water partition coefficient (Wildman–Crippen LogP) is 4.56. The van der Waals surface area contributed by atoms with E-state index in [4.69, 9.17) is 9.47 Å². The van der Waals surface area contributed by atoms with Gasteiger partial charge >= 0.3 is 0 Å². The standard InChI is InChI=1S/C28H26O4/c1-31-21-13-9-19(10-14-21)23-5-3-7-25(23)27(29)17-18-28(30)26-8-4-6-24(26)20-11-15-22(32-2)16-12-20/h3-6,9-16,27-30H,7-8H2,1-2H3. The van der Waals surface area contributed by atoms with Crippen molar-refractivity contribution in [3.05, 3.63) is 95.1 Å². The van der Waals surface area contributed by atoms with E-state index in [1.165, 1.54) is 0 Å². The summed E-state index contributed by atoms with van der Waals surface area (Å²) in [6.07, 6.45) is 7.41. The third-order valence-corrected chi connectivity index (χ3v) is 5.76. The van der Waals surface area contributed by atoms with Gasteiger partial charge in [-0.1, -0.05) is 60.4 Å². The second kappa shape index (κ2) is 9.74. The van der Waals surface area contributed by atoms with Gasteiger partial charge in [0.2, 0.25) is 0 Å². The van der Waals surface area contributed by atoms with Crippen molar-refractivity contribution in [2.24, 2.45) is 0 Å². The molecule has 2 atom stereocenters. The van der Waals surface area contributed by atoms with Crippen molar-refractivity contribution in [1.29, 1.82) is 0 Å². The lowest BCUT2D eigenvalue weighted by atomic mass is 9.97. The Morgan fingerprint density at radius 2 is 1.03 bits per heavy atom. The lowest BCUT2D eigenvalue weighted by molar-refractivity contribution is 0.257. The molecule has 0 aliphatic heterocycles. The molecule has 2 aromatic rings. The van der Waals surface area contributed by atoms with Crippen molar-refractivity contribution in [1.82, 2.24) is 0 Å². The van der Waals surface area contributed by atoms with Gasteiger partial charge in [-0.05, 0) is 70.5 Å². The highest BCUT2D eigenvalue weighted by atomic mass is 16.5. The van der Waals surface area contributed by atoms with Crippen molar-refractivity contribution < 1.29 is 19.7 Å². The van der Waals surface area contributed by atoms with Crippen molar-refractivity contribution in [2.75, 3.05) is 14.2 Å². The number of aliphatic hydroxyl groups excluding tert-OH is 2. The minimum atomic E-state index is -0.948. The van der Waals surface area contributed by atoms with E-state index < -0.39 is 12.2 Å². The van der Waals surface area contributed by atoms with Gasteiger partial charge in [-0.3, -0.25) is 0 Å². The molecule has 0 saturated heterocycles. The zero-order chi connectivity index (χ0) is 22.5. The van der Waals surface area contributed by atoms with E-state index in [0.29, 0.717) is 12.8 Å². The van der Waals surface area contributed by atoms with Gasteiger partial charge in [0.25, 0.3) is 0 Å². The molecule has 0 radical (unpaired) electrons. The van der Waals surface area contributed by atoms with Gasteiger partial charge in [-0.15, -0.1) is 0 Å². The number of hydrogen-bond acceptors (Lipinski definition) is 4. The van der Waals surface area contributed by atoms with Crippen LogP contribution in [0.25, 0.3) is 11.1 Å². The van der Waals surface area contributed by atoms with Crippen molar-refractivity contribution in [2.45, 2.75) is 25.0 Å². The van der Waals surface area contributed by atoms with E-state index >= 15 is 0 Å². The number of rotatable bonds is 6. The van der Waals surface area contributed by atoms with E-state index in [-0.39, 0.29) is 0 Å². The quantitative estimate of drug-likeness (QED) is 0.665. The first kappa shape index (κ1) is 21.7. The van der Waals surface area contributed by atoms with E-state index in [9.17, 15) is 10.2 Å². The highest BCUT2D eigenvalue weighted by molar-refractivity contribution is 5.82. The first-order valence-electron chi connectivity index (χ1n) is 10.6. The summed E-state index contributed by atoms with van der Waals surface area (Å²) in [6, 6.07) is 15.5. The van der Waals surface area contributed by atoms with Crippen LogP contribution in [-0.2, 0) is 0 Å². The smallest absolute Gasteiger partial charge is 0.137 e. The molecule has 2 aliphatic carbocycles. The van der Waals surface area contributed by atoms with Crippen LogP contribution in [0.4, 0.5) is 0 Å². The molecule has 0 aromatic heterocycles. The molecular weight excluding hydrogens is 400 g/mol. The second-order valence-corrected chi connectivity index (χ2v) is 7.64. The lowest BCUT2D eigenvalue weighted by Crippen LogP contribution is -2.12. The largest absolute Gasteiger partial charge is 0.497 e. The normalized spacial score (nSPS) is 16.8. The Morgan fingerprint density at radius 1 is 0.656 bits per heavy atom. The Morgan fingerprint density at radius 3 is 1.38 bits per heavy atom. The van der Waals surface area contributed by atoms with Gasteiger partial charge in [0.05, 0.1) is 14.2 Å². The van der Waals surface area contributed by atoms with E-state index in [2.05, 4.69) is 11.8 Å². The highest BCUT2D eigenvalue weighted by Gasteiger charge is 2.20. The molecular formula is C28H26O4. The molecule has 4 rings (SSSR count). The van der Waals surface area contributed by atoms with Crippen LogP contribution in [0, 0.1) is 11.8 Å². The average molecular weight is 427 g/mol. The van der Waals surface area contributed by atoms with Crippen molar-refractivity contribution >= 4 is 11.1 Å². The summed E-state index contributed by atoms with van der Waals surface area (Å²) in [4.78, 5) is 0. The minimum absolute atomic E-state index is 0.634. The molecule has 0 spiro atoms. The second-order valence-electron chi connectivity index (χ2n) is 7.64. The molecule has 0 fully saturated rings. The van der Waals surface area contributed by atoms with Crippen LogP contribution in [0.2, 0.25) is 0 Å². The van der Waals surface area contributed by atoms with Crippen molar-refractivity contribution in [3.63, 3.8) is 0 Å². The molecule has 2 N–H and O–H groups in total. The van der Waals surface area contributed by atoms with E-state index in [1.807, 2.05) is 72.8 Å². The van der Waals surface area contributed by atoms with E-state index in [0.717, 1.165) is 44.9 Å². The Bertz CT molecular complexity index is 1060. The van der Waals surface area contributed by atoms with Crippen LogP contribution in [-0.4, -0.2) is 36.6 Å². The van der Waals surface area contributed by atoms with Gasteiger partial charge in [0, 0.05) is 0 Å². The molecule has 0 heterocycles. The molecule has 0 saturated carbocycles. The molecule has 162 valence electrons. The Kier molecular flexibility index (Phi) is 6.61. The summed E-state index contributed by atoms with van der Waals surface area (Å²) < 4.78 is 10.4. The maximum Gasteiger partial charge on any atom is 0.137 e. The molecule has 2 aromatic carbocycles. The fourth-order valence-corrected chi connectivity index (χ4v) is 4.00. The molecule has 4 nitrogen and oxygen atoms in total. The van der Waals surface area contributed by atoms with Gasteiger partial charge in [0.1, 0.15) is 23.7 Å². The first-order valence-corrected chi connectivity index (χ1v) is 10.6. The summed E-state index contributed by atoms with van der Waals surface area (Å²) >= 11 is 0. The number of hydrogen-bond donors (Lipinski definition) is 2. The highest BCUT2D eigenvalue weighted by Crippen LogP contribution is 2.33. The molecule has 4 heteroatoms. The SMILES string of the molecule is COc1ccc(C2=C(C(O)C#CC(O)C3=C(c4ccc(OC)cc4)C=CC3)CC=C2)cc1. The number of ether oxygens (including phenoxy) is 2. The van der Waals surface area contributed by atoms with Crippen LogP contribution in [0.1, 0.15) is 24.0 Å². The summed E-state index contributed by atoms with van der Waals surface area (Å²) in [7, 11) is 3.27. The number of aliphatic hydroxyl groups is 2. The van der Waals surface area contributed by atoms with Crippen LogP contribution in [0.3, 0.4) is 0 Å². The Balaban J connectivity index is 1.55. The molecule has 2 unspecified atom stereocenters. The zero-order valence-corrected chi connectivity index (χ0v) is 18.2. The van der Waals surface area contributed by atoms with Crippen molar-refractivity contribution in [3.8, 4) is 23.3 Å². The topological polar surface area (TPSA) is 58.9 Å². The third kappa shape index (κ3) is 4.55. The summed E-state index contributed by atoms with van der Waals surface area (Å²) in [6.45, 7) is 0. The Labute approximate surface area is 188 Å². The summed E-state index contributed by atoms with van der Waals surface area (Å²) in [5.41, 5.74) is 5.60. The molecule has 0 bridgehead atoms. The fraction of sp³-hybridized carbons (Fsp3) is 0.214. The zero-order valence-electron chi connectivity index (χ0n) is 18.2. The number of methoxy groups -OCH3 is 2. The average Bonchev–Trinajstić information content (AvgIpc) is 3.53. The first-order chi connectivity index (χ1) is 15.6. The summed E-state index contributed by atoms with van der Waals surface area (Å²) in [5, 5.41) is 21.5. The van der Waals surface area contributed by atoms with Crippen LogP contribution < -0.4 is 9.47 Å². The van der Waals surface area contributed by atoms with Gasteiger partial charge in [0.15, 0.2) is 0 Å². The van der Waals surface area contributed by atoms with Crippen LogP contribution in [0.5, 0.6) is 11.5 Å². The molecule has 2 aliphatic rings. The third-order valence-electron chi connectivity index (χ3n) is 5.76. The minimum Gasteiger partial charge on any atom is -0.497 e. The number of benzene rings is 2. The Hall–Kier alpha value is -3.52. The molecule has 0 amide bonds. The lowest BCUT2D eigenvalue weighted by Gasteiger charge is -2.12. The van der Waals surface area contributed by atoms with E-state index in [1.54, 1.807) is 14.2 Å². The van der Waals surface area contributed by atoms with Gasteiger partial charge < -0.3 is 19.7 Å². The maximum atomic E-state index is 10.8. The number of allylic oxidation sites excluding steroid dienone is 6. The fourth-order valence-electron chi connectivity index (χ4n) is 4.00. The van der Waals surface area contributed by atoms with Crippen LogP contribution in [0.15, 0.2) is 84.0 Å². The monoisotopic (exact) mass is 426 g/mol. The maximum absolute atomic E-state index is 10.8. The predicted molar refractivity (Wildman–Crippen MR) is 127 cm³/mol. The van der Waals surface area contributed by atoms with Crippen LogP contribution >= 0.6 is 0 Å². The molecule has 32 heavy (non-hydrogen) atoms.